The van der Waals surface area contributed by atoms with E-state index in [0.717, 1.165) is 16.8 Å². The number of nitrogens with one attached hydrogen (secondary N) is 1. The molecule has 0 fully saturated rings. The summed E-state index contributed by atoms with van der Waals surface area (Å²) in [6, 6.07) is 13.3. The van der Waals surface area contributed by atoms with Crippen molar-refractivity contribution in [2.75, 3.05) is 11.1 Å². The molecule has 3 rings (SSSR count). The van der Waals surface area contributed by atoms with Crippen molar-refractivity contribution in [1.82, 2.24) is 9.55 Å². The van der Waals surface area contributed by atoms with Crippen LogP contribution in [0, 0.1) is 6.92 Å². The first-order valence-corrected chi connectivity index (χ1v) is 9.85. The largest absolute Gasteiger partial charge is 0.325 e. The number of hydrogen-bond acceptors (Lipinski definition) is 4. The van der Waals surface area contributed by atoms with Crippen LogP contribution in [0.15, 0.2) is 52.4 Å². The van der Waals surface area contributed by atoms with E-state index < -0.39 is 0 Å². The molecule has 0 saturated heterocycles. The van der Waals surface area contributed by atoms with E-state index in [1.807, 2.05) is 43.3 Å². The van der Waals surface area contributed by atoms with E-state index >= 15 is 0 Å². The maximum Gasteiger partial charge on any atom is 0.261 e. The van der Waals surface area contributed by atoms with Gasteiger partial charge in [0.1, 0.15) is 0 Å². The molecule has 0 radical (unpaired) electrons. The highest BCUT2D eigenvalue weighted by atomic mass is 32.2. The first kappa shape index (κ1) is 19.2. The van der Waals surface area contributed by atoms with Crippen LogP contribution in [0.3, 0.4) is 0 Å². The first-order chi connectivity index (χ1) is 12.9. The van der Waals surface area contributed by atoms with Crippen LogP contribution in [-0.4, -0.2) is 21.2 Å². The van der Waals surface area contributed by atoms with E-state index in [0.29, 0.717) is 22.0 Å². The molecule has 27 heavy (non-hydrogen) atoms. The van der Waals surface area contributed by atoms with Gasteiger partial charge < -0.3 is 5.32 Å². The minimum absolute atomic E-state index is 0.107. The van der Waals surface area contributed by atoms with E-state index in [2.05, 4.69) is 24.1 Å². The Labute approximate surface area is 162 Å². The Hall–Kier alpha value is -2.60. The second kappa shape index (κ2) is 7.96. The number of aryl methyl sites for hydroxylation is 1. The summed E-state index contributed by atoms with van der Waals surface area (Å²) in [6.45, 7) is 6.20. The monoisotopic (exact) mass is 381 g/mol. The van der Waals surface area contributed by atoms with Gasteiger partial charge in [-0.15, -0.1) is 0 Å². The van der Waals surface area contributed by atoms with Crippen molar-refractivity contribution in [3.05, 3.63) is 63.9 Å². The summed E-state index contributed by atoms with van der Waals surface area (Å²) in [7, 11) is 1.68. The fourth-order valence-corrected chi connectivity index (χ4v) is 3.75. The van der Waals surface area contributed by atoms with Gasteiger partial charge in [-0.25, -0.2) is 4.98 Å². The first-order valence-electron chi connectivity index (χ1n) is 8.86. The summed E-state index contributed by atoms with van der Waals surface area (Å²) in [5.41, 5.74) is 3.56. The molecule has 140 valence electrons. The molecule has 0 aliphatic carbocycles. The summed E-state index contributed by atoms with van der Waals surface area (Å²) in [5, 5.41) is 4.14. The summed E-state index contributed by atoms with van der Waals surface area (Å²) in [6.07, 6.45) is 0. The average Bonchev–Trinajstić information content (AvgIpc) is 2.65. The zero-order chi connectivity index (χ0) is 19.6. The third-order valence-corrected chi connectivity index (χ3v) is 5.50. The number of hydrogen-bond donors (Lipinski definition) is 1. The lowest BCUT2D eigenvalue weighted by Crippen LogP contribution is -2.21. The highest BCUT2D eigenvalue weighted by Crippen LogP contribution is 2.27. The fraction of sp³-hybridized carbons (Fsp3) is 0.286. The van der Waals surface area contributed by atoms with Crippen molar-refractivity contribution in [1.29, 1.82) is 0 Å². The van der Waals surface area contributed by atoms with Gasteiger partial charge in [-0.3, -0.25) is 14.2 Å². The summed E-state index contributed by atoms with van der Waals surface area (Å²) >= 11 is 1.26. The van der Waals surface area contributed by atoms with Gasteiger partial charge in [0.15, 0.2) is 5.16 Å². The number of amides is 1. The molecule has 1 N–H and O–H groups in total. The molecule has 1 heterocycles. The summed E-state index contributed by atoms with van der Waals surface area (Å²) in [5.74, 6) is 0.388. The van der Waals surface area contributed by atoms with Crippen LogP contribution in [0.4, 0.5) is 5.69 Å². The van der Waals surface area contributed by atoms with Crippen LogP contribution < -0.4 is 10.9 Å². The number of aromatic nitrogens is 2. The molecule has 6 heteroatoms. The zero-order valence-electron chi connectivity index (χ0n) is 15.9. The number of carbonyl (C=O) groups is 1. The number of thioether (sulfide) groups is 1. The Morgan fingerprint density at radius 3 is 2.67 bits per heavy atom. The number of nitrogens with zero attached hydrogens (tertiary/aromatic N) is 2. The molecule has 0 unspecified atom stereocenters. The SMILES string of the molecule is Cc1cccc(C(C)C)c1NC(=O)CSc1nc2ccccc2c(=O)n1C. The van der Waals surface area contributed by atoms with Crippen LogP contribution in [0.25, 0.3) is 10.9 Å². The van der Waals surface area contributed by atoms with Crippen LogP contribution in [0.2, 0.25) is 0 Å². The Bertz CT molecular complexity index is 1060. The minimum atomic E-state index is -0.112. The van der Waals surface area contributed by atoms with Gasteiger partial charge in [-0.05, 0) is 36.1 Å². The molecule has 1 amide bonds. The van der Waals surface area contributed by atoms with Gasteiger partial charge in [-0.1, -0.05) is 55.9 Å². The zero-order valence-corrected chi connectivity index (χ0v) is 16.8. The quantitative estimate of drug-likeness (QED) is 0.534. The van der Waals surface area contributed by atoms with Gasteiger partial charge in [-0.2, -0.15) is 0 Å². The number of anilines is 1. The fourth-order valence-electron chi connectivity index (χ4n) is 2.97. The van der Waals surface area contributed by atoms with E-state index in [1.165, 1.54) is 16.3 Å². The molecule has 0 spiro atoms. The predicted octanol–water partition coefficient (Wildman–Crippen LogP) is 4.10. The van der Waals surface area contributed by atoms with Crippen molar-refractivity contribution in [3.8, 4) is 0 Å². The maximum atomic E-state index is 12.5. The van der Waals surface area contributed by atoms with Crippen molar-refractivity contribution >= 4 is 34.3 Å². The lowest BCUT2D eigenvalue weighted by atomic mass is 9.98. The van der Waals surface area contributed by atoms with Crippen LogP contribution >= 0.6 is 11.8 Å². The third-order valence-electron chi connectivity index (χ3n) is 4.47. The molecular formula is C21H23N3O2S. The second-order valence-corrected chi connectivity index (χ2v) is 7.75. The Balaban J connectivity index is 1.79. The molecule has 1 aromatic heterocycles. The Morgan fingerprint density at radius 2 is 1.93 bits per heavy atom. The number of rotatable bonds is 5. The van der Waals surface area contributed by atoms with E-state index in [-0.39, 0.29) is 17.2 Å². The lowest BCUT2D eigenvalue weighted by molar-refractivity contribution is -0.113. The normalized spacial score (nSPS) is 11.1. The number of fused-ring (bicyclic) bond motifs is 1. The van der Waals surface area contributed by atoms with Crippen LogP contribution in [-0.2, 0) is 11.8 Å². The summed E-state index contributed by atoms with van der Waals surface area (Å²) < 4.78 is 1.49. The Kier molecular flexibility index (Phi) is 5.65. The number of carbonyl (C=O) groups excluding carboxylic acids is 1. The second-order valence-electron chi connectivity index (χ2n) is 6.81. The van der Waals surface area contributed by atoms with Gasteiger partial charge in [0.2, 0.25) is 5.91 Å². The smallest absolute Gasteiger partial charge is 0.261 e. The molecular weight excluding hydrogens is 358 g/mol. The minimum Gasteiger partial charge on any atom is -0.325 e. The third kappa shape index (κ3) is 4.06. The van der Waals surface area contributed by atoms with Crippen molar-refractivity contribution in [2.24, 2.45) is 7.05 Å². The molecule has 0 saturated carbocycles. The van der Waals surface area contributed by atoms with Gasteiger partial charge in [0, 0.05) is 12.7 Å². The van der Waals surface area contributed by atoms with Crippen molar-refractivity contribution in [3.63, 3.8) is 0 Å². The highest BCUT2D eigenvalue weighted by molar-refractivity contribution is 7.99. The molecule has 5 nitrogen and oxygen atoms in total. The van der Waals surface area contributed by atoms with Gasteiger partial charge in [0.05, 0.1) is 16.7 Å². The number of benzene rings is 2. The molecule has 3 aromatic rings. The molecule has 2 aromatic carbocycles. The molecule has 0 aliphatic heterocycles. The van der Waals surface area contributed by atoms with Crippen LogP contribution in [0.1, 0.15) is 30.9 Å². The van der Waals surface area contributed by atoms with Crippen molar-refractivity contribution < 1.29 is 4.79 Å². The van der Waals surface area contributed by atoms with E-state index in [1.54, 1.807) is 13.1 Å². The summed E-state index contributed by atoms with van der Waals surface area (Å²) in [4.78, 5) is 29.5. The van der Waals surface area contributed by atoms with Gasteiger partial charge in [0.25, 0.3) is 5.56 Å². The maximum absolute atomic E-state index is 12.5. The predicted molar refractivity (Wildman–Crippen MR) is 112 cm³/mol. The lowest BCUT2D eigenvalue weighted by Gasteiger charge is -2.16. The Morgan fingerprint density at radius 1 is 1.19 bits per heavy atom. The average molecular weight is 382 g/mol. The number of para-hydroxylation sites is 2. The molecule has 0 atom stereocenters. The van der Waals surface area contributed by atoms with E-state index in [9.17, 15) is 9.59 Å². The topological polar surface area (TPSA) is 64.0 Å². The highest BCUT2D eigenvalue weighted by Gasteiger charge is 2.14. The van der Waals surface area contributed by atoms with E-state index in [4.69, 9.17) is 0 Å². The molecule has 0 bridgehead atoms. The van der Waals surface area contributed by atoms with Crippen molar-refractivity contribution in [2.45, 2.75) is 31.8 Å². The van der Waals surface area contributed by atoms with Crippen LogP contribution in [0.5, 0.6) is 0 Å². The van der Waals surface area contributed by atoms with Gasteiger partial charge >= 0.3 is 0 Å². The molecule has 0 aliphatic rings. The standard InChI is InChI=1S/C21H23N3O2S/c1-13(2)15-10-7-8-14(3)19(15)23-18(25)12-27-21-22-17-11-6-5-9-16(17)20(26)24(21)4/h5-11,13H,12H2,1-4H3,(H,23,25).